The molecule has 0 bridgehead atoms. The number of fused-ring (bicyclic) bond motifs is 1. The second kappa shape index (κ2) is 4.42. The van der Waals surface area contributed by atoms with Crippen molar-refractivity contribution in [1.29, 1.82) is 0 Å². The molecule has 2 aromatic carbocycles. The van der Waals surface area contributed by atoms with Crippen molar-refractivity contribution in [2.24, 2.45) is 0 Å². The summed E-state index contributed by atoms with van der Waals surface area (Å²) in [6.07, 6.45) is -0.592. The van der Waals surface area contributed by atoms with Crippen LogP contribution in [0.1, 0.15) is 18.6 Å². The molecule has 3 heteroatoms. The first kappa shape index (κ1) is 11.2. The summed E-state index contributed by atoms with van der Waals surface area (Å²) in [5.41, 5.74) is 1.06. The van der Waals surface area contributed by atoms with E-state index in [1.165, 1.54) is 0 Å². The Morgan fingerprint density at radius 3 is 2.83 bits per heavy atom. The van der Waals surface area contributed by atoms with Gasteiger partial charge >= 0.3 is 5.97 Å². The molecule has 1 aliphatic heterocycles. The van der Waals surface area contributed by atoms with Crippen LogP contribution < -0.4 is 0 Å². The fourth-order valence-corrected chi connectivity index (χ4v) is 2.25. The van der Waals surface area contributed by atoms with Crippen molar-refractivity contribution >= 4 is 16.7 Å². The lowest BCUT2D eigenvalue weighted by Gasteiger charge is -2.03. The number of carbonyl (C=O) groups excluding carboxylic acids is 1. The maximum absolute atomic E-state index is 11.6. The van der Waals surface area contributed by atoms with Crippen LogP contribution in [0.3, 0.4) is 0 Å². The SMILES string of the molecule is CCOC(=O)[C@@H]1O[C@H]1c1cccc2ccccc12. The lowest BCUT2D eigenvalue weighted by Crippen LogP contribution is -2.11. The van der Waals surface area contributed by atoms with Gasteiger partial charge in [-0.15, -0.1) is 0 Å². The minimum Gasteiger partial charge on any atom is -0.464 e. The van der Waals surface area contributed by atoms with Gasteiger partial charge in [-0.05, 0) is 23.3 Å². The van der Waals surface area contributed by atoms with E-state index < -0.39 is 6.10 Å². The third-order valence-electron chi connectivity index (χ3n) is 3.14. The molecule has 0 unspecified atom stereocenters. The van der Waals surface area contributed by atoms with Gasteiger partial charge in [0, 0.05) is 0 Å². The second-order valence-corrected chi connectivity index (χ2v) is 4.30. The van der Waals surface area contributed by atoms with Gasteiger partial charge < -0.3 is 9.47 Å². The Labute approximate surface area is 105 Å². The summed E-state index contributed by atoms with van der Waals surface area (Å²) in [6.45, 7) is 2.19. The molecule has 0 saturated carbocycles. The van der Waals surface area contributed by atoms with E-state index in [1.807, 2.05) is 24.3 Å². The minimum absolute atomic E-state index is 0.157. The molecule has 92 valence electrons. The number of rotatable bonds is 3. The van der Waals surface area contributed by atoms with Crippen LogP contribution in [0.5, 0.6) is 0 Å². The molecule has 0 N–H and O–H groups in total. The van der Waals surface area contributed by atoms with Crippen LogP contribution in [-0.2, 0) is 14.3 Å². The van der Waals surface area contributed by atoms with Crippen molar-refractivity contribution in [2.75, 3.05) is 6.61 Å². The second-order valence-electron chi connectivity index (χ2n) is 4.30. The number of hydrogen-bond donors (Lipinski definition) is 0. The van der Waals surface area contributed by atoms with Gasteiger partial charge in [-0.25, -0.2) is 4.79 Å². The van der Waals surface area contributed by atoms with Crippen molar-refractivity contribution in [1.82, 2.24) is 0 Å². The van der Waals surface area contributed by atoms with Gasteiger partial charge in [0.2, 0.25) is 0 Å². The van der Waals surface area contributed by atoms with E-state index in [0.29, 0.717) is 6.61 Å². The van der Waals surface area contributed by atoms with Gasteiger partial charge in [0.15, 0.2) is 6.10 Å². The highest BCUT2D eigenvalue weighted by atomic mass is 16.6. The lowest BCUT2D eigenvalue weighted by atomic mass is 10.0. The Bertz CT molecular complexity index is 586. The molecular weight excluding hydrogens is 228 g/mol. The van der Waals surface area contributed by atoms with E-state index in [0.717, 1.165) is 16.3 Å². The molecule has 18 heavy (non-hydrogen) atoms. The zero-order valence-electron chi connectivity index (χ0n) is 10.1. The molecule has 2 aromatic rings. The number of benzene rings is 2. The largest absolute Gasteiger partial charge is 0.464 e. The quantitative estimate of drug-likeness (QED) is 0.613. The third kappa shape index (κ3) is 1.87. The van der Waals surface area contributed by atoms with Crippen molar-refractivity contribution in [3.05, 3.63) is 48.0 Å². The Hall–Kier alpha value is -1.87. The van der Waals surface area contributed by atoms with Gasteiger partial charge in [-0.3, -0.25) is 0 Å². The number of hydrogen-bond acceptors (Lipinski definition) is 3. The Morgan fingerprint density at radius 2 is 2.00 bits per heavy atom. The van der Waals surface area contributed by atoms with Crippen LogP contribution in [0.2, 0.25) is 0 Å². The van der Waals surface area contributed by atoms with E-state index in [4.69, 9.17) is 9.47 Å². The van der Waals surface area contributed by atoms with E-state index in [-0.39, 0.29) is 12.1 Å². The van der Waals surface area contributed by atoms with Gasteiger partial charge in [-0.2, -0.15) is 0 Å². The van der Waals surface area contributed by atoms with Crippen molar-refractivity contribution in [2.45, 2.75) is 19.1 Å². The average Bonchev–Trinajstić information content (AvgIpc) is 3.18. The highest BCUT2D eigenvalue weighted by molar-refractivity contribution is 5.88. The molecule has 1 fully saturated rings. The maximum Gasteiger partial charge on any atom is 0.338 e. The normalized spacial score (nSPS) is 21.8. The van der Waals surface area contributed by atoms with Crippen molar-refractivity contribution < 1.29 is 14.3 Å². The molecule has 0 aromatic heterocycles. The molecular formula is C15H14O3. The van der Waals surface area contributed by atoms with E-state index >= 15 is 0 Å². The Morgan fingerprint density at radius 1 is 1.22 bits per heavy atom. The third-order valence-corrected chi connectivity index (χ3v) is 3.14. The van der Waals surface area contributed by atoms with Crippen LogP contribution >= 0.6 is 0 Å². The average molecular weight is 242 g/mol. The van der Waals surface area contributed by atoms with Gasteiger partial charge in [0.25, 0.3) is 0 Å². The summed E-state index contributed by atoms with van der Waals surface area (Å²) in [5.74, 6) is -0.268. The summed E-state index contributed by atoms with van der Waals surface area (Å²) in [7, 11) is 0. The predicted octanol–water partition coefficient (Wildman–Crippen LogP) is 2.84. The summed E-state index contributed by atoms with van der Waals surface area (Å²) < 4.78 is 10.4. The highest BCUT2D eigenvalue weighted by Gasteiger charge is 2.47. The first-order valence-corrected chi connectivity index (χ1v) is 6.11. The Balaban J connectivity index is 1.91. The lowest BCUT2D eigenvalue weighted by molar-refractivity contribution is -0.144. The van der Waals surface area contributed by atoms with E-state index in [2.05, 4.69) is 18.2 Å². The van der Waals surface area contributed by atoms with Crippen LogP contribution in [0, 0.1) is 0 Å². The smallest absolute Gasteiger partial charge is 0.338 e. The van der Waals surface area contributed by atoms with E-state index in [1.54, 1.807) is 6.92 Å². The van der Waals surface area contributed by atoms with Crippen LogP contribution in [-0.4, -0.2) is 18.7 Å². The first-order chi connectivity index (χ1) is 8.81. The summed E-state index contributed by atoms with van der Waals surface area (Å²) in [6, 6.07) is 14.2. The molecule has 1 saturated heterocycles. The number of carbonyl (C=O) groups is 1. The summed E-state index contributed by atoms with van der Waals surface area (Å²) in [5, 5.41) is 2.30. The molecule has 1 heterocycles. The Kier molecular flexibility index (Phi) is 2.76. The van der Waals surface area contributed by atoms with Gasteiger partial charge in [0.1, 0.15) is 6.10 Å². The fourth-order valence-electron chi connectivity index (χ4n) is 2.25. The van der Waals surface area contributed by atoms with Crippen molar-refractivity contribution in [3.8, 4) is 0 Å². The zero-order chi connectivity index (χ0) is 12.5. The molecule has 1 aliphatic rings. The number of ether oxygens (including phenoxy) is 2. The van der Waals surface area contributed by atoms with Crippen LogP contribution in [0.25, 0.3) is 10.8 Å². The molecule has 0 radical (unpaired) electrons. The fraction of sp³-hybridized carbons (Fsp3) is 0.267. The van der Waals surface area contributed by atoms with Gasteiger partial charge in [-0.1, -0.05) is 42.5 Å². The molecule has 3 nitrogen and oxygen atoms in total. The zero-order valence-corrected chi connectivity index (χ0v) is 10.1. The molecule has 0 amide bonds. The first-order valence-electron chi connectivity index (χ1n) is 6.11. The predicted molar refractivity (Wildman–Crippen MR) is 68.2 cm³/mol. The summed E-state index contributed by atoms with van der Waals surface area (Å²) >= 11 is 0. The monoisotopic (exact) mass is 242 g/mol. The topological polar surface area (TPSA) is 38.8 Å². The molecule has 3 rings (SSSR count). The minimum atomic E-state index is -0.434. The molecule has 0 spiro atoms. The number of esters is 1. The standard InChI is InChI=1S/C15H14O3/c1-2-17-15(16)14-13(18-14)12-9-5-7-10-6-3-4-8-11(10)12/h3-9,13-14H,2H2,1H3/t13-,14+/m0/s1. The highest BCUT2D eigenvalue weighted by Crippen LogP contribution is 2.42. The van der Waals surface area contributed by atoms with Crippen LogP contribution in [0.15, 0.2) is 42.5 Å². The van der Waals surface area contributed by atoms with Crippen molar-refractivity contribution in [3.63, 3.8) is 0 Å². The van der Waals surface area contributed by atoms with Crippen LogP contribution in [0.4, 0.5) is 0 Å². The van der Waals surface area contributed by atoms with E-state index in [9.17, 15) is 4.79 Å². The van der Waals surface area contributed by atoms with Gasteiger partial charge in [0.05, 0.1) is 6.61 Å². The molecule has 2 atom stereocenters. The maximum atomic E-state index is 11.6. The molecule has 0 aliphatic carbocycles. The number of epoxide rings is 1. The summed E-state index contributed by atoms with van der Waals surface area (Å²) in [4.78, 5) is 11.6.